The highest BCUT2D eigenvalue weighted by Gasteiger charge is 2.19. The van der Waals surface area contributed by atoms with Gasteiger partial charge in [0.15, 0.2) is 0 Å². The first-order valence-electron chi connectivity index (χ1n) is 7.29. The number of rotatable bonds is 8. The summed E-state index contributed by atoms with van der Waals surface area (Å²) in [5.74, 6) is 0.239. The van der Waals surface area contributed by atoms with E-state index in [1.54, 1.807) is 25.6 Å². The second-order valence-corrected chi connectivity index (χ2v) is 5.14. The summed E-state index contributed by atoms with van der Waals surface area (Å²) in [7, 11) is 1.67. The predicted octanol–water partition coefficient (Wildman–Crippen LogP) is 0.116. The van der Waals surface area contributed by atoms with E-state index in [0.29, 0.717) is 25.1 Å². The lowest BCUT2D eigenvalue weighted by Crippen LogP contribution is -2.43. The fourth-order valence-corrected chi connectivity index (χ4v) is 2.41. The van der Waals surface area contributed by atoms with Gasteiger partial charge in [-0.2, -0.15) is 0 Å². The van der Waals surface area contributed by atoms with Gasteiger partial charge in [-0.3, -0.25) is 15.0 Å². The zero-order valence-electron chi connectivity index (χ0n) is 12.4. The normalized spacial score (nSPS) is 18.1. The van der Waals surface area contributed by atoms with Gasteiger partial charge < -0.3 is 10.1 Å². The number of hydrogen-bond acceptors (Lipinski definition) is 6. The number of anilines is 1. The Balaban J connectivity index is 1.82. The molecule has 7 heteroatoms. The molecule has 0 aromatic carbocycles. The molecule has 2 heterocycles. The summed E-state index contributed by atoms with van der Waals surface area (Å²) in [4.78, 5) is 22.2. The van der Waals surface area contributed by atoms with Crippen LogP contribution in [0.15, 0.2) is 18.5 Å². The molecule has 2 rings (SSSR count). The largest absolute Gasteiger partial charge is 0.383 e. The van der Waals surface area contributed by atoms with Crippen LogP contribution in [0.5, 0.6) is 0 Å². The Morgan fingerprint density at radius 3 is 3.00 bits per heavy atom. The van der Waals surface area contributed by atoms with Crippen LogP contribution in [-0.4, -0.2) is 66.7 Å². The number of amides is 1. The van der Waals surface area contributed by atoms with Gasteiger partial charge in [-0.05, 0) is 25.5 Å². The minimum absolute atomic E-state index is 0.102. The Kier molecular flexibility index (Phi) is 6.52. The van der Waals surface area contributed by atoms with Crippen molar-refractivity contribution in [1.82, 2.24) is 20.2 Å². The van der Waals surface area contributed by atoms with Crippen molar-refractivity contribution in [2.75, 3.05) is 45.2 Å². The molecule has 1 unspecified atom stereocenters. The van der Waals surface area contributed by atoms with E-state index in [4.69, 9.17) is 4.74 Å². The van der Waals surface area contributed by atoms with Gasteiger partial charge in [-0.15, -0.1) is 0 Å². The minimum atomic E-state index is -0.102. The second kappa shape index (κ2) is 8.66. The number of carbonyl (C=O) groups excluding carboxylic acids is 1. The molecule has 0 spiro atoms. The smallest absolute Gasteiger partial charge is 0.240 e. The zero-order chi connectivity index (χ0) is 14.9. The average Bonchev–Trinajstić information content (AvgIpc) is 2.98. The molecule has 7 nitrogen and oxygen atoms in total. The molecule has 0 radical (unpaired) electrons. The molecule has 1 amide bonds. The maximum Gasteiger partial charge on any atom is 0.240 e. The highest BCUT2D eigenvalue weighted by Crippen LogP contribution is 2.07. The first kappa shape index (κ1) is 15.8. The van der Waals surface area contributed by atoms with Crippen LogP contribution < -0.4 is 10.6 Å². The fourth-order valence-electron chi connectivity index (χ4n) is 2.41. The summed E-state index contributed by atoms with van der Waals surface area (Å²) in [5, 5.41) is 6.16. The van der Waals surface area contributed by atoms with Crippen molar-refractivity contribution in [3.63, 3.8) is 0 Å². The van der Waals surface area contributed by atoms with Gasteiger partial charge in [-0.1, -0.05) is 0 Å². The molecule has 0 bridgehead atoms. The number of aromatic nitrogens is 2. The third-order valence-corrected chi connectivity index (χ3v) is 3.44. The van der Waals surface area contributed by atoms with Crippen molar-refractivity contribution in [2.24, 2.45) is 0 Å². The summed E-state index contributed by atoms with van der Waals surface area (Å²) in [5.41, 5.74) is 0. The van der Waals surface area contributed by atoms with Crippen molar-refractivity contribution in [3.05, 3.63) is 18.5 Å². The molecule has 0 saturated carbocycles. The topological polar surface area (TPSA) is 79.4 Å². The minimum Gasteiger partial charge on any atom is -0.383 e. The molecule has 116 valence electrons. The highest BCUT2D eigenvalue weighted by molar-refractivity contribution is 5.90. The van der Waals surface area contributed by atoms with Gasteiger partial charge in [0.25, 0.3) is 0 Å². The van der Waals surface area contributed by atoms with Crippen molar-refractivity contribution in [2.45, 2.75) is 18.9 Å². The van der Waals surface area contributed by atoms with E-state index in [9.17, 15) is 4.79 Å². The molecular weight excluding hydrogens is 270 g/mol. The predicted molar refractivity (Wildman–Crippen MR) is 80.0 cm³/mol. The maximum absolute atomic E-state index is 12.1. The van der Waals surface area contributed by atoms with E-state index in [2.05, 4.69) is 25.5 Å². The lowest BCUT2D eigenvalue weighted by Gasteiger charge is -2.24. The highest BCUT2D eigenvalue weighted by atomic mass is 16.5. The zero-order valence-corrected chi connectivity index (χ0v) is 12.4. The molecule has 21 heavy (non-hydrogen) atoms. The third kappa shape index (κ3) is 5.74. The molecule has 0 aliphatic carbocycles. The number of methoxy groups -OCH3 is 1. The SMILES string of the molecule is COCCN(CC(=O)Nc1ncccn1)CC1CCCN1. The number of ether oxygens (including phenoxy) is 1. The quantitative estimate of drug-likeness (QED) is 0.708. The number of hydrogen-bond donors (Lipinski definition) is 2. The Morgan fingerprint density at radius 2 is 2.33 bits per heavy atom. The Labute approximate surface area is 125 Å². The lowest BCUT2D eigenvalue weighted by atomic mass is 10.2. The van der Waals surface area contributed by atoms with Crippen LogP contribution >= 0.6 is 0 Å². The second-order valence-electron chi connectivity index (χ2n) is 5.14. The van der Waals surface area contributed by atoms with Crippen molar-refractivity contribution in [1.29, 1.82) is 0 Å². The van der Waals surface area contributed by atoms with Crippen LogP contribution in [0, 0.1) is 0 Å². The van der Waals surface area contributed by atoms with Gasteiger partial charge in [0, 0.05) is 38.6 Å². The van der Waals surface area contributed by atoms with Crippen molar-refractivity contribution in [3.8, 4) is 0 Å². The molecule has 1 aromatic rings. The Morgan fingerprint density at radius 1 is 1.52 bits per heavy atom. The first-order valence-corrected chi connectivity index (χ1v) is 7.29. The third-order valence-electron chi connectivity index (χ3n) is 3.44. The van der Waals surface area contributed by atoms with E-state index < -0.39 is 0 Å². The van der Waals surface area contributed by atoms with Gasteiger partial charge in [0.05, 0.1) is 13.2 Å². The van der Waals surface area contributed by atoms with Gasteiger partial charge >= 0.3 is 0 Å². The van der Waals surface area contributed by atoms with E-state index in [0.717, 1.165) is 26.1 Å². The van der Waals surface area contributed by atoms with Gasteiger partial charge in [0.1, 0.15) is 0 Å². The maximum atomic E-state index is 12.1. The summed E-state index contributed by atoms with van der Waals surface area (Å²) < 4.78 is 5.12. The van der Waals surface area contributed by atoms with Crippen molar-refractivity contribution < 1.29 is 9.53 Å². The number of carbonyl (C=O) groups is 1. The molecular formula is C14H23N5O2. The van der Waals surface area contributed by atoms with E-state index in [1.807, 2.05) is 0 Å². The monoisotopic (exact) mass is 293 g/mol. The van der Waals surface area contributed by atoms with Crippen molar-refractivity contribution >= 4 is 11.9 Å². The van der Waals surface area contributed by atoms with E-state index >= 15 is 0 Å². The molecule has 1 aliphatic heterocycles. The molecule has 1 saturated heterocycles. The molecule has 2 N–H and O–H groups in total. The van der Waals surface area contributed by atoms with Gasteiger partial charge in [-0.25, -0.2) is 9.97 Å². The molecule has 1 aliphatic rings. The summed E-state index contributed by atoms with van der Waals surface area (Å²) in [6.07, 6.45) is 5.57. The summed E-state index contributed by atoms with van der Waals surface area (Å²) in [6.45, 7) is 3.58. The Hall–Kier alpha value is -1.57. The molecule has 1 aromatic heterocycles. The number of nitrogens with zero attached hydrogens (tertiary/aromatic N) is 3. The van der Waals surface area contributed by atoms with Crippen LogP contribution in [-0.2, 0) is 9.53 Å². The molecule has 1 fully saturated rings. The number of nitrogens with one attached hydrogen (secondary N) is 2. The van der Waals surface area contributed by atoms with E-state index in [1.165, 1.54) is 6.42 Å². The van der Waals surface area contributed by atoms with Crippen LogP contribution in [0.25, 0.3) is 0 Å². The Bertz CT molecular complexity index is 423. The van der Waals surface area contributed by atoms with Crippen LogP contribution in [0.4, 0.5) is 5.95 Å². The van der Waals surface area contributed by atoms with Crippen LogP contribution in [0.3, 0.4) is 0 Å². The standard InChI is InChI=1S/C14H23N5O2/c1-21-9-8-19(10-12-4-2-5-15-12)11-13(20)18-14-16-6-3-7-17-14/h3,6-7,12,15H,2,4-5,8-11H2,1H3,(H,16,17,18,20). The summed E-state index contributed by atoms with van der Waals surface area (Å²) >= 11 is 0. The first-order chi connectivity index (χ1) is 10.3. The van der Waals surface area contributed by atoms with E-state index in [-0.39, 0.29) is 5.91 Å². The molecule has 1 atom stereocenters. The lowest BCUT2D eigenvalue weighted by molar-refractivity contribution is -0.117. The van der Waals surface area contributed by atoms with Crippen LogP contribution in [0.2, 0.25) is 0 Å². The fraction of sp³-hybridized carbons (Fsp3) is 0.643. The van der Waals surface area contributed by atoms with Crippen LogP contribution in [0.1, 0.15) is 12.8 Å². The van der Waals surface area contributed by atoms with Gasteiger partial charge in [0.2, 0.25) is 11.9 Å². The summed E-state index contributed by atoms with van der Waals surface area (Å²) in [6, 6.07) is 2.18. The average molecular weight is 293 g/mol.